The van der Waals surface area contributed by atoms with Crippen molar-refractivity contribution in [2.24, 2.45) is 0 Å². The van der Waals surface area contributed by atoms with E-state index in [1.54, 1.807) is 12.1 Å². The molecule has 0 heterocycles. The lowest BCUT2D eigenvalue weighted by Crippen LogP contribution is -1.87. The SMILES string of the molecule is Nc1ccc(Cl)c(SCc2cc(F)cc(Br)c2)c1. The summed E-state index contributed by atoms with van der Waals surface area (Å²) in [7, 11) is 0. The molecule has 0 aromatic heterocycles. The molecule has 0 saturated carbocycles. The molecule has 1 nitrogen and oxygen atoms in total. The lowest BCUT2D eigenvalue weighted by Gasteiger charge is -2.06. The van der Waals surface area contributed by atoms with Gasteiger partial charge in [0.15, 0.2) is 0 Å². The van der Waals surface area contributed by atoms with Crippen LogP contribution in [-0.4, -0.2) is 0 Å². The summed E-state index contributed by atoms with van der Waals surface area (Å²) in [6, 6.07) is 10.2. The summed E-state index contributed by atoms with van der Waals surface area (Å²) in [6.07, 6.45) is 0. The monoisotopic (exact) mass is 345 g/mol. The van der Waals surface area contributed by atoms with Gasteiger partial charge in [0.05, 0.1) is 5.02 Å². The number of anilines is 1. The van der Waals surface area contributed by atoms with Gasteiger partial charge in [-0.3, -0.25) is 0 Å². The minimum Gasteiger partial charge on any atom is -0.399 e. The third-order valence-corrected chi connectivity index (χ3v) is 4.30. The third kappa shape index (κ3) is 3.64. The van der Waals surface area contributed by atoms with Crippen molar-refractivity contribution in [3.63, 3.8) is 0 Å². The molecule has 0 unspecified atom stereocenters. The van der Waals surface area contributed by atoms with E-state index in [-0.39, 0.29) is 5.82 Å². The van der Waals surface area contributed by atoms with Crippen molar-refractivity contribution in [2.45, 2.75) is 10.6 Å². The van der Waals surface area contributed by atoms with Gasteiger partial charge in [-0.25, -0.2) is 4.39 Å². The minimum absolute atomic E-state index is 0.251. The molecule has 0 amide bonds. The fraction of sp³-hybridized carbons (Fsp3) is 0.0769. The van der Waals surface area contributed by atoms with Crippen LogP contribution in [0.15, 0.2) is 45.8 Å². The highest BCUT2D eigenvalue weighted by Crippen LogP contribution is 2.32. The van der Waals surface area contributed by atoms with Crippen LogP contribution in [0.5, 0.6) is 0 Å². The van der Waals surface area contributed by atoms with Crippen molar-refractivity contribution in [2.75, 3.05) is 5.73 Å². The van der Waals surface area contributed by atoms with E-state index in [4.69, 9.17) is 17.3 Å². The Morgan fingerprint density at radius 1 is 1.22 bits per heavy atom. The van der Waals surface area contributed by atoms with Crippen LogP contribution in [0.25, 0.3) is 0 Å². The predicted octanol–water partition coefficient (Wildman–Crippen LogP) is 5.12. The molecule has 2 aromatic rings. The van der Waals surface area contributed by atoms with Crippen LogP contribution >= 0.6 is 39.3 Å². The third-order valence-electron chi connectivity index (χ3n) is 2.27. The first kappa shape index (κ1) is 13.7. The molecule has 0 aliphatic carbocycles. The Labute approximate surface area is 123 Å². The van der Waals surface area contributed by atoms with Crippen molar-refractivity contribution < 1.29 is 4.39 Å². The molecule has 0 fully saturated rings. The zero-order valence-corrected chi connectivity index (χ0v) is 12.4. The van der Waals surface area contributed by atoms with Gasteiger partial charge >= 0.3 is 0 Å². The smallest absolute Gasteiger partial charge is 0.124 e. The molecule has 0 bridgehead atoms. The van der Waals surface area contributed by atoms with Crippen LogP contribution in [0.3, 0.4) is 0 Å². The Morgan fingerprint density at radius 3 is 2.72 bits per heavy atom. The quantitative estimate of drug-likeness (QED) is 0.617. The molecule has 2 rings (SSSR count). The fourth-order valence-corrected chi connectivity index (χ4v) is 3.19. The fourth-order valence-electron chi connectivity index (χ4n) is 1.49. The number of hydrogen-bond acceptors (Lipinski definition) is 2. The zero-order valence-electron chi connectivity index (χ0n) is 9.29. The second-order valence-corrected chi connectivity index (χ2v) is 6.10. The van der Waals surface area contributed by atoms with Crippen molar-refractivity contribution in [1.82, 2.24) is 0 Å². The van der Waals surface area contributed by atoms with Gasteiger partial charge in [-0.2, -0.15) is 0 Å². The lowest BCUT2D eigenvalue weighted by molar-refractivity contribution is 0.625. The van der Waals surface area contributed by atoms with Gasteiger partial charge in [-0.1, -0.05) is 27.5 Å². The maximum atomic E-state index is 13.2. The second-order valence-electron chi connectivity index (χ2n) is 3.76. The van der Waals surface area contributed by atoms with E-state index in [2.05, 4.69) is 15.9 Å². The van der Waals surface area contributed by atoms with E-state index in [0.717, 1.165) is 14.9 Å². The molecule has 0 aliphatic rings. The summed E-state index contributed by atoms with van der Waals surface area (Å²) in [5.74, 6) is 0.387. The molecule has 0 aliphatic heterocycles. The highest BCUT2D eigenvalue weighted by molar-refractivity contribution is 9.10. The Kier molecular flexibility index (Phi) is 4.54. The maximum absolute atomic E-state index is 13.2. The number of thioether (sulfide) groups is 1. The number of nitrogen functional groups attached to an aromatic ring is 1. The van der Waals surface area contributed by atoms with Gasteiger partial charge in [-0.05, 0) is 42.0 Å². The lowest BCUT2D eigenvalue weighted by atomic mass is 10.2. The van der Waals surface area contributed by atoms with Crippen molar-refractivity contribution in [3.05, 3.63) is 57.3 Å². The van der Waals surface area contributed by atoms with Crippen LogP contribution < -0.4 is 5.73 Å². The summed E-state index contributed by atoms with van der Waals surface area (Å²) in [4.78, 5) is 0.900. The van der Waals surface area contributed by atoms with Gasteiger partial charge in [0.25, 0.3) is 0 Å². The first-order valence-electron chi connectivity index (χ1n) is 5.17. The molecule has 0 atom stereocenters. The summed E-state index contributed by atoms with van der Waals surface area (Å²) < 4.78 is 13.9. The van der Waals surface area contributed by atoms with Gasteiger partial charge in [0.2, 0.25) is 0 Å². The molecule has 0 spiro atoms. The molecule has 0 radical (unpaired) electrons. The highest BCUT2D eigenvalue weighted by Gasteiger charge is 2.04. The number of nitrogens with two attached hydrogens (primary N) is 1. The van der Waals surface area contributed by atoms with Crippen LogP contribution in [-0.2, 0) is 5.75 Å². The van der Waals surface area contributed by atoms with Gasteiger partial charge < -0.3 is 5.73 Å². The van der Waals surface area contributed by atoms with Gasteiger partial charge in [0, 0.05) is 20.8 Å². The van der Waals surface area contributed by atoms with Gasteiger partial charge in [-0.15, -0.1) is 11.8 Å². The molecule has 2 aromatic carbocycles. The van der Waals surface area contributed by atoms with Gasteiger partial charge in [0.1, 0.15) is 5.82 Å². The molecular weight excluding hydrogens is 337 g/mol. The normalized spacial score (nSPS) is 10.6. The standard InChI is InChI=1S/C13H10BrClFNS/c14-9-3-8(4-10(16)5-9)7-18-13-6-11(17)1-2-12(13)15/h1-6H,7,17H2. The number of rotatable bonds is 3. The average Bonchev–Trinajstić information content (AvgIpc) is 2.29. The van der Waals surface area contributed by atoms with E-state index in [0.29, 0.717) is 16.5 Å². The number of benzene rings is 2. The van der Waals surface area contributed by atoms with Crippen molar-refractivity contribution in [1.29, 1.82) is 0 Å². The van der Waals surface area contributed by atoms with E-state index >= 15 is 0 Å². The van der Waals surface area contributed by atoms with E-state index < -0.39 is 0 Å². The summed E-state index contributed by atoms with van der Waals surface area (Å²) >= 11 is 10.9. The van der Waals surface area contributed by atoms with E-state index in [9.17, 15) is 4.39 Å². The Balaban J connectivity index is 2.13. The molecule has 0 saturated heterocycles. The first-order chi connectivity index (χ1) is 8.54. The summed E-state index contributed by atoms with van der Waals surface area (Å²) in [6.45, 7) is 0. The van der Waals surface area contributed by atoms with Crippen LogP contribution in [0.1, 0.15) is 5.56 Å². The van der Waals surface area contributed by atoms with E-state index in [1.165, 1.54) is 23.9 Å². The summed E-state index contributed by atoms with van der Waals surface area (Å²) in [5.41, 5.74) is 7.27. The molecule has 2 N–H and O–H groups in total. The minimum atomic E-state index is -0.251. The highest BCUT2D eigenvalue weighted by atomic mass is 79.9. The average molecular weight is 347 g/mol. The number of halogens is 3. The summed E-state index contributed by atoms with van der Waals surface area (Å²) in [5, 5.41) is 0.657. The zero-order chi connectivity index (χ0) is 13.1. The van der Waals surface area contributed by atoms with Crippen molar-refractivity contribution in [3.8, 4) is 0 Å². The topological polar surface area (TPSA) is 26.0 Å². The molecule has 94 valence electrons. The first-order valence-corrected chi connectivity index (χ1v) is 7.33. The largest absolute Gasteiger partial charge is 0.399 e. The van der Waals surface area contributed by atoms with Crippen LogP contribution in [0.4, 0.5) is 10.1 Å². The van der Waals surface area contributed by atoms with Crippen molar-refractivity contribution >= 4 is 45.0 Å². The van der Waals surface area contributed by atoms with E-state index in [1.807, 2.05) is 12.1 Å². The Hall–Kier alpha value is -0.710. The van der Waals surface area contributed by atoms with Crippen LogP contribution in [0.2, 0.25) is 5.02 Å². The Morgan fingerprint density at radius 2 is 2.00 bits per heavy atom. The van der Waals surface area contributed by atoms with Crippen LogP contribution in [0, 0.1) is 5.82 Å². The predicted molar refractivity (Wildman–Crippen MR) is 79.5 cm³/mol. The second kappa shape index (κ2) is 5.95. The molecule has 18 heavy (non-hydrogen) atoms. The Bertz CT molecular complexity index is 557. The maximum Gasteiger partial charge on any atom is 0.124 e. The number of hydrogen-bond donors (Lipinski definition) is 1. The molecule has 5 heteroatoms. The molecular formula is C13H10BrClFNS.